The third-order valence-electron chi connectivity index (χ3n) is 8.28. The van der Waals surface area contributed by atoms with Crippen LogP contribution in [-0.2, 0) is 31.9 Å². The van der Waals surface area contributed by atoms with E-state index in [1.807, 2.05) is 24.3 Å². The van der Waals surface area contributed by atoms with E-state index < -0.39 is 8.32 Å². The molecule has 1 aliphatic heterocycles. The Bertz CT molecular complexity index is 1300. The minimum atomic E-state index is -2.74. The molecule has 0 bridgehead atoms. The van der Waals surface area contributed by atoms with Crippen molar-refractivity contribution in [3.05, 3.63) is 132 Å². The summed E-state index contributed by atoms with van der Waals surface area (Å²) in [6, 6.07) is 42.2. The summed E-state index contributed by atoms with van der Waals surface area (Å²) in [5, 5.41) is 2.39. The van der Waals surface area contributed by atoms with Gasteiger partial charge in [0.05, 0.1) is 32.5 Å². The highest BCUT2D eigenvalue weighted by molar-refractivity contribution is 6.99. The standard InChI is InChI=1S/C37H44O4Si/c1-29-25-38-34(28-41-42(37(2,3)4,32-21-13-7-14-22-32)33-23-15-8-16-24-33)36(40-27-31-19-11-6-12-20-31)35(29)39-26-30-17-9-5-10-18-30/h5-24,29,34-36H,25-28H2,1-4H3/t29?,34?,35-,36+/m0/s1. The van der Waals surface area contributed by atoms with E-state index in [9.17, 15) is 0 Å². The van der Waals surface area contributed by atoms with Crippen molar-refractivity contribution < 1.29 is 18.6 Å². The number of hydrogen-bond acceptors (Lipinski definition) is 4. The molecule has 0 spiro atoms. The lowest BCUT2D eigenvalue weighted by molar-refractivity contribution is -0.211. The average molecular weight is 581 g/mol. The summed E-state index contributed by atoms with van der Waals surface area (Å²) in [4.78, 5) is 0. The fourth-order valence-corrected chi connectivity index (χ4v) is 10.7. The molecule has 5 heteroatoms. The van der Waals surface area contributed by atoms with E-state index in [0.29, 0.717) is 26.4 Å². The molecule has 220 valence electrons. The Balaban J connectivity index is 1.45. The van der Waals surface area contributed by atoms with Gasteiger partial charge in [0.25, 0.3) is 8.32 Å². The third-order valence-corrected chi connectivity index (χ3v) is 13.3. The molecule has 4 atom stereocenters. The first-order valence-corrected chi connectivity index (χ1v) is 17.0. The summed E-state index contributed by atoms with van der Waals surface area (Å²) in [6.07, 6.45) is -0.682. The van der Waals surface area contributed by atoms with E-state index in [0.717, 1.165) is 11.1 Å². The largest absolute Gasteiger partial charge is 0.405 e. The van der Waals surface area contributed by atoms with Crippen LogP contribution in [0.3, 0.4) is 0 Å². The summed E-state index contributed by atoms with van der Waals surface area (Å²) >= 11 is 0. The molecule has 0 radical (unpaired) electrons. The highest BCUT2D eigenvalue weighted by Crippen LogP contribution is 2.38. The monoisotopic (exact) mass is 580 g/mol. The highest BCUT2D eigenvalue weighted by atomic mass is 28.4. The molecule has 5 rings (SSSR count). The lowest BCUT2D eigenvalue weighted by Gasteiger charge is -2.46. The van der Waals surface area contributed by atoms with Gasteiger partial charge < -0.3 is 18.6 Å². The van der Waals surface area contributed by atoms with E-state index in [1.165, 1.54) is 10.4 Å². The zero-order valence-electron chi connectivity index (χ0n) is 25.3. The van der Waals surface area contributed by atoms with Crippen LogP contribution in [-0.4, -0.2) is 39.8 Å². The average Bonchev–Trinajstić information content (AvgIpc) is 3.02. The minimum Gasteiger partial charge on any atom is -0.405 e. The van der Waals surface area contributed by atoms with Crippen molar-refractivity contribution in [2.75, 3.05) is 13.2 Å². The number of rotatable bonds is 11. The zero-order chi connectivity index (χ0) is 29.4. The van der Waals surface area contributed by atoms with Crippen LogP contribution in [0.2, 0.25) is 5.04 Å². The molecule has 0 aromatic heterocycles. The summed E-state index contributed by atoms with van der Waals surface area (Å²) in [7, 11) is -2.74. The second kappa shape index (κ2) is 13.9. The fraction of sp³-hybridized carbons (Fsp3) is 0.351. The Morgan fingerprint density at radius 1 is 0.643 bits per heavy atom. The van der Waals surface area contributed by atoms with E-state index in [2.05, 4.69) is 125 Å². The molecule has 2 unspecified atom stereocenters. The van der Waals surface area contributed by atoms with Crippen molar-refractivity contribution in [1.82, 2.24) is 0 Å². The third kappa shape index (κ3) is 6.93. The molecule has 4 aromatic carbocycles. The van der Waals surface area contributed by atoms with Gasteiger partial charge in [-0.2, -0.15) is 0 Å². The molecule has 42 heavy (non-hydrogen) atoms. The summed E-state index contributed by atoms with van der Waals surface area (Å²) in [5.41, 5.74) is 2.28. The second-order valence-electron chi connectivity index (χ2n) is 12.3. The van der Waals surface area contributed by atoms with Crippen LogP contribution >= 0.6 is 0 Å². The molecule has 1 fully saturated rings. The molecule has 0 aliphatic carbocycles. The van der Waals surface area contributed by atoms with Crippen molar-refractivity contribution in [3.63, 3.8) is 0 Å². The second-order valence-corrected chi connectivity index (χ2v) is 16.7. The molecule has 0 amide bonds. The highest BCUT2D eigenvalue weighted by Gasteiger charge is 2.51. The van der Waals surface area contributed by atoms with E-state index in [1.54, 1.807) is 0 Å². The molecule has 4 aromatic rings. The molecule has 0 saturated carbocycles. The van der Waals surface area contributed by atoms with E-state index >= 15 is 0 Å². The maximum atomic E-state index is 7.31. The predicted octanol–water partition coefficient (Wildman–Crippen LogP) is 6.77. The summed E-state index contributed by atoms with van der Waals surface area (Å²) < 4.78 is 27.2. The van der Waals surface area contributed by atoms with Crippen LogP contribution < -0.4 is 10.4 Å². The maximum absolute atomic E-state index is 7.31. The molecular formula is C37H44O4Si. The Morgan fingerprint density at radius 2 is 1.07 bits per heavy atom. The first kappa shape index (κ1) is 30.4. The van der Waals surface area contributed by atoms with Crippen LogP contribution in [0.1, 0.15) is 38.8 Å². The molecule has 1 heterocycles. The molecule has 1 saturated heterocycles. The maximum Gasteiger partial charge on any atom is 0.261 e. The van der Waals surface area contributed by atoms with Gasteiger partial charge in [0.1, 0.15) is 12.2 Å². The Kier molecular flexibility index (Phi) is 10.1. The van der Waals surface area contributed by atoms with Crippen LogP contribution in [0.25, 0.3) is 0 Å². The first-order chi connectivity index (χ1) is 20.4. The van der Waals surface area contributed by atoms with Gasteiger partial charge in [-0.1, -0.05) is 149 Å². The van der Waals surface area contributed by atoms with Gasteiger partial charge in [0, 0.05) is 5.92 Å². The van der Waals surface area contributed by atoms with Gasteiger partial charge in [-0.15, -0.1) is 0 Å². The first-order valence-electron chi connectivity index (χ1n) is 15.1. The van der Waals surface area contributed by atoms with Crippen molar-refractivity contribution in [2.24, 2.45) is 5.92 Å². The van der Waals surface area contributed by atoms with Crippen LogP contribution in [0, 0.1) is 5.92 Å². The Morgan fingerprint density at radius 3 is 1.52 bits per heavy atom. The van der Waals surface area contributed by atoms with Gasteiger partial charge in [-0.05, 0) is 26.5 Å². The number of hydrogen-bond donors (Lipinski definition) is 0. The molecule has 0 N–H and O–H groups in total. The van der Waals surface area contributed by atoms with Gasteiger partial charge in [0.15, 0.2) is 0 Å². The number of benzene rings is 4. The normalized spacial score (nSPS) is 21.2. The topological polar surface area (TPSA) is 36.9 Å². The summed E-state index contributed by atoms with van der Waals surface area (Å²) in [6.45, 7) is 11.1. The van der Waals surface area contributed by atoms with Crippen LogP contribution in [0.4, 0.5) is 0 Å². The van der Waals surface area contributed by atoms with Crippen molar-refractivity contribution >= 4 is 18.7 Å². The minimum absolute atomic E-state index is 0.124. The van der Waals surface area contributed by atoms with Crippen molar-refractivity contribution in [3.8, 4) is 0 Å². The van der Waals surface area contributed by atoms with Crippen molar-refractivity contribution in [1.29, 1.82) is 0 Å². The Hall–Kier alpha value is -3.06. The van der Waals surface area contributed by atoms with Gasteiger partial charge in [0.2, 0.25) is 0 Å². The number of ether oxygens (including phenoxy) is 3. The van der Waals surface area contributed by atoms with Crippen LogP contribution in [0.5, 0.6) is 0 Å². The lowest BCUT2D eigenvalue weighted by atomic mass is 9.93. The molecular weight excluding hydrogens is 536 g/mol. The molecule has 4 nitrogen and oxygen atoms in total. The summed E-state index contributed by atoms with van der Waals surface area (Å²) in [5.74, 6) is 0.179. The van der Waals surface area contributed by atoms with Crippen molar-refractivity contribution in [2.45, 2.75) is 64.3 Å². The van der Waals surface area contributed by atoms with Gasteiger partial charge in [-0.3, -0.25) is 0 Å². The Labute approximate surface area is 252 Å². The van der Waals surface area contributed by atoms with E-state index in [4.69, 9.17) is 18.6 Å². The quantitative estimate of drug-likeness (QED) is 0.184. The van der Waals surface area contributed by atoms with Crippen LogP contribution in [0.15, 0.2) is 121 Å². The van der Waals surface area contributed by atoms with Gasteiger partial charge in [-0.25, -0.2) is 0 Å². The zero-order valence-corrected chi connectivity index (χ0v) is 26.3. The van der Waals surface area contributed by atoms with Gasteiger partial charge >= 0.3 is 0 Å². The SMILES string of the molecule is CC1COC(CO[Si](c2ccccc2)(c2ccccc2)C(C)(C)C)[C@@H](OCc2ccccc2)[C@H]1OCc1ccccc1. The molecule has 1 aliphatic rings. The predicted molar refractivity (Wildman–Crippen MR) is 173 cm³/mol. The smallest absolute Gasteiger partial charge is 0.261 e. The van der Waals surface area contributed by atoms with E-state index in [-0.39, 0.29) is 29.3 Å². The fourth-order valence-electron chi connectivity index (χ4n) is 6.11. The lowest BCUT2D eigenvalue weighted by Crippen LogP contribution is -2.67.